The molecule has 3 rings (SSSR count). The lowest BCUT2D eigenvalue weighted by Gasteiger charge is -2.00. The Bertz CT molecular complexity index is 696. The lowest BCUT2D eigenvalue weighted by Crippen LogP contribution is -1.87. The van der Waals surface area contributed by atoms with Crippen LogP contribution in [0.25, 0.3) is 22.3 Å². The van der Waals surface area contributed by atoms with Gasteiger partial charge < -0.3 is 4.52 Å². The van der Waals surface area contributed by atoms with Crippen LogP contribution in [0.4, 0.5) is 0 Å². The van der Waals surface area contributed by atoms with Crippen LogP contribution in [0.2, 0.25) is 0 Å². The van der Waals surface area contributed by atoms with Gasteiger partial charge in [0.15, 0.2) is 5.82 Å². The largest absolute Gasteiger partial charge is 0.348 e. The van der Waals surface area contributed by atoms with Crippen molar-refractivity contribution in [3.63, 3.8) is 0 Å². The minimum Gasteiger partial charge on any atom is -0.348 e. The third-order valence-electron chi connectivity index (χ3n) is 2.34. The first kappa shape index (κ1) is 9.23. The zero-order valence-corrected chi connectivity index (χ0v) is 8.99. The van der Waals surface area contributed by atoms with Gasteiger partial charge in [-0.3, -0.25) is 4.98 Å². The summed E-state index contributed by atoms with van der Waals surface area (Å²) in [7, 11) is 0. The van der Waals surface area contributed by atoms with Crippen LogP contribution in [0.1, 0.15) is 0 Å². The number of rotatable bonds is 1. The third-order valence-corrected chi connectivity index (χ3v) is 2.51. The highest BCUT2D eigenvalue weighted by molar-refractivity contribution is 7.71. The first-order valence-corrected chi connectivity index (χ1v) is 5.15. The molecule has 0 aliphatic heterocycles. The van der Waals surface area contributed by atoms with Gasteiger partial charge >= 0.3 is 4.84 Å². The van der Waals surface area contributed by atoms with Crippen molar-refractivity contribution in [3.05, 3.63) is 41.4 Å². The third kappa shape index (κ3) is 1.42. The molecule has 78 valence electrons. The van der Waals surface area contributed by atoms with E-state index in [1.165, 1.54) is 0 Å². The maximum Gasteiger partial charge on any atom is 0.314 e. The summed E-state index contributed by atoms with van der Waals surface area (Å²) in [5, 5.41) is 4.79. The summed E-state index contributed by atoms with van der Waals surface area (Å²) in [6.07, 6.45) is 1.74. The van der Waals surface area contributed by atoms with Crippen LogP contribution < -0.4 is 0 Å². The number of benzene rings is 1. The summed E-state index contributed by atoms with van der Waals surface area (Å²) in [5.74, 6) is 0.557. The van der Waals surface area contributed by atoms with Crippen molar-refractivity contribution >= 4 is 23.0 Å². The van der Waals surface area contributed by atoms with E-state index in [4.69, 9.17) is 16.7 Å². The number of fused-ring (bicyclic) bond motifs is 1. The lowest BCUT2D eigenvalue weighted by molar-refractivity contribution is 0.406. The minimum absolute atomic E-state index is 0.185. The fraction of sp³-hybridized carbons (Fsp3) is 0. The molecular weight excluding hydrogens is 222 g/mol. The predicted octanol–water partition coefficient (Wildman–Crippen LogP) is 2.95. The number of H-pyrrole nitrogens is 1. The van der Waals surface area contributed by atoms with Crippen molar-refractivity contribution in [2.75, 3.05) is 0 Å². The maximum absolute atomic E-state index is 4.91. The first-order chi connectivity index (χ1) is 7.84. The molecule has 0 spiro atoms. The molecule has 0 bridgehead atoms. The molecule has 0 saturated carbocycles. The molecule has 1 N–H and O–H groups in total. The molecule has 5 heteroatoms. The van der Waals surface area contributed by atoms with Crippen molar-refractivity contribution in [2.24, 2.45) is 0 Å². The van der Waals surface area contributed by atoms with Crippen molar-refractivity contribution in [2.45, 2.75) is 0 Å². The Balaban J connectivity index is 2.35. The van der Waals surface area contributed by atoms with E-state index in [0.717, 1.165) is 16.5 Å². The van der Waals surface area contributed by atoms with Crippen LogP contribution in [0.5, 0.6) is 0 Å². The number of nitrogens with zero attached hydrogens (tertiary/aromatic N) is 2. The van der Waals surface area contributed by atoms with Crippen LogP contribution in [-0.2, 0) is 0 Å². The number of pyridine rings is 1. The standard InChI is InChI=1S/C11H7N3OS/c16-11-13-10(14-15-11)9-8-4-2-1-3-7(8)5-6-12-9/h1-6H,(H,13,14,16). The SMILES string of the molecule is S=c1nc(-c2nccc3ccccc23)[nH]o1. The fourth-order valence-corrected chi connectivity index (χ4v) is 1.77. The van der Waals surface area contributed by atoms with Gasteiger partial charge in [-0.1, -0.05) is 24.3 Å². The van der Waals surface area contributed by atoms with E-state index in [0.29, 0.717) is 5.82 Å². The molecule has 4 nitrogen and oxygen atoms in total. The highest BCUT2D eigenvalue weighted by Crippen LogP contribution is 2.23. The Hall–Kier alpha value is -2.01. The van der Waals surface area contributed by atoms with E-state index in [1.54, 1.807) is 6.20 Å². The smallest absolute Gasteiger partial charge is 0.314 e. The lowest BCUT2D eigenvalue weighted by atomic mass is 10.1. The van der Waals surface area contributed by atoms with Gasteiger partial charge in [-0.2, -0.15) is 10.1 Å². The van der Waals surface area contributed by atoms with Gasteiger partial charge in [-0.15, -0.1) is 0 Å². The van der Waals surface area contributed by atoms with Gasteiger partial charge in [0.25, 0.3) is 0 Å². The molecule has 0 atom stereocenters. The molecule has 0 aliphatic rings. The highest BCUT2D eigenvalue weighted by Gasteiger charge is 2.08. The Kier molecular flexibility index (Phi) is 2.04. The number of nitrogens with one attached hydrogen (secondary N) is 1. The van der Waals surface area contributed by atoms with E-state index in [9.17, 15) is 0 Å². The van der Waals surface area contributed by atoms with Gasteiger partial charge in [0, 0.05) is 11.6 Å². The summed E-state index contributed by atoms with van der Waals surface area (Å²) in [5.41, 5.74) is 0.748. The molecular formula is C11H7N3OS. The zero-order chi connectivity index (χ0) is 11.0. The summed E-state index contributed by atoms with van der Waals surface area (Å²) < 4.78 is 4.91. The molecule has 0 aliphatic carbocycles. The normalized spacial score (nSPS) is 10.8. The summed E-state index contributed by atoms with van der Waals surface area (Å²) in [6.45, 7) is 0. The first-order valence-electron chi connectivity index (χ1n) is 4.74. The minimum atomic E-state index is 0.185. The maximum atomic E-state index is 4.91. The van der Waals surface area contributed by atoms with E-state index >= 15 is 0 Å². The zero-order valence-electron chi connectivity index (χ0n) is 8.18. The number of hydrogen-bond acceptors (Lipinski definition) is 4. The van der Waals surface area contributed by atoms with Crippen LogP contribution in [-0.4, -0.2) is 15.1 Å². The van der Waals surface area contributed by atoms with E-state index in [1.807, 2.05) is 30.3 Å². The van der Waals surface area contributed by atoms with E-state index < -0.39 is 0 Å². The monoisotopic (exact) mass is 229 g/mol. The van der Waals surface area contributed by atoms with E-state index in [-0.39, 0.29) is 4.84 Å². The fourth-order valence-electron chi connectivity index (χ4n) is 1.64. The summed E-state index contributed by atoms with van der Waals surface area (Å²) in [4.78, 5) is 8.54. The van der Waals surface area contributed by atoms with Crippen LogP contribution >= 0.6 is 12.2 Å². The summed E-state index contributed by atoms with van der Waals surface area (Å²) >= 11 is 4.82. The molecule has 0 fully saturated rings. The number of aromatic amines is 1. The topological polar surface area (TPSA) is 54.7 Å². The average Bonchev–Trinajstić information content (AvgIpc) is 2.75. The molecule has 0 unspecified atom stereocenters. The molecule has 0 radical (unpaired) electrons. The second kappa shape index (κ2) is 3.53. The molecule has 1 aromatic carbocycles. The number of aromatic nitrogens is 3. The second-order valence-corrected chi connectivity index (χ2v) is 3.66. The molecule has 0 amide bonds. The molecule has 16 heavy (non-hydrogen) atoms. The molecule has 2 aromatic heterocycles. The van der Waals surface area contributed by atoms with Gasteiger partial charge in [-0.05, 0) is 23.7 Å². The van der Waals surface area contributed by atoms with Crippen molar-refractivity contribution in [3.8, 4) is 11.5 Å². The quantitative estimate of drug-likeness (QED) is 0.652. The van der Waals surface area contributed by atoms with Crippen LogP contribution in [0.15, 0.2) is 41.1 Å². The highest BCUT2D eigenvalue weighted by atomic mass is 32.1. The Labute approximate surface area is 95.9 Å². The average molecular weight is 229 g/mol. The second-order valence-electron chi connectivity index (χ2n) is 3.31. The molecule has 2 heterocycles. The predicted molar refractivity (Wildman–Crippen MR) is 62.4 cm³/mol. The van der Waals surface area contributed by atoms with Gasteiger partial charge in [0.05, 0.1) is 0 Å². The van der Waals surface area contributed by atoms with Gasteiger partial charge in [-0.25, -0.2) is 0 Å². The Morgan fingerprint density at radius 3 is 2.88 bits per heavy atom. The van der Waals surface area contributed by atoms with Crippen LogP contribution in [0.3, 0.4) is 0 Å². The number of hydrogen-bond donors (Lipinski definition) is 1. The van der Waals surface area contributed by atoms with Crippen molar-refractivity contribution in [1.29, 1.82) is 0 Å². The molecule has 0 saturated heterocycles. The summed E-state index contributed by atoms with van der Waals surface area (Å²) in [6, 6.07) is 9.91. The van der Waals surface area contributed by atoms with E-state index in [2.05, 4.69) is 15.1 Å². The molecule has 3 aromatic rings. The van der Waals surface area contributed by atoms with Crippen molar-refractivity contribution in [1.82, 2.24) is 15.1 Å². The van der Waals surface area contributed by atoms with Gasteiger partial charge in [0.1, 0.15) is 5.69 Å². The van der Waals surface area contributed by atoms with Crippen molar-refractivity contribution < 1.29 is 4.52 Å². The van der Waals surface area contributed by atoms with Gasteiger partial charge in [0.2, 0.25) is 0 Å². The Morgan fingerprint density at radius 2 is 2.06 bits per heavy atom. The Morgan fingerprint density at radius 1 is 1.19 bits per heavy atom. The van der Waals surface area contributed by atoms with Crippen LogP contribution in [0, 0.1) is 4.84 Å².